The number of carbonyl (C=O) groups is 4. The molecule has 0 heterocycles. The number of Topliss-reactive ketones (excluding diaryl/α,β-unsaturated/α-hetero) is 2. The van der Waals surface area contributed by atoms with E-state index in [2.05, 4.69) is 0 Å². The molecule has 0 saturated carbocycles. The minimum atomic E-state index is -1.28. The van der Waals surface area contributed by atoms with Gasteiger partial charge in [-0.2, -0.15) is 0 Å². The molecule has 0 bridgehead atoms. The van der Waals surface area contributed by atoms with Gasteiger partial charge >= 0.3 is 11.9 Å². The standard InChI is InChI=1S/C29H36O10/c1-22(30)26(28(32)38-19-15-34-13-17-36-24-9-5-3-6-10-24)21-27(23(2)31)29(33)39-20-16-35-14-18-37-25-11-7-4-8-12-25/h3-12,26-27H,13-21H2,1-2H3/t26-,27-/m0/s1. The first-order chi connectivity index (χ1) is 18.9. The van der Waals surface area contributed by atoms with Gasteiger partial charge in [0.15, 0.2) is 0 Å². The van der Waals surface area contributed by atoms with E-state index in [0.29, 0.717) is 13.2 Å². The summed E-state index contributed by atoms with van der Waals surface area (Å²) in [5.41, 5.74) is 0. The van der Waals surface area contributed by atoms with E-state index in [1.807, 2.05) is 60.7 Å². The molecule has 10 heteroatoms. The molecule has 2 rings (SSSR count). The van der Waals surface area contributed by atoms with Crippen molar-refractivity contribution in [2.75, 3.05) is 52.9 Å². The lowest BCUT2D eigenvalue weighted by molar-refractivity contribution is -0.157. The summed E-state index contributed by atoms with van der Waals surface area (Å²) in [6, 6.07) is 18.5. The second kappa shape index (κ2) is 18.5. The highest BCUT2D eigenvalue weighted by molar-refractivity contribution is 6.02. The van der Waals surface area contributed by atoms with Gasteiger partial charge in [-0.3, -0.25) is 19.2 Å². The summed E-state index contributed by atoms with van der Waals surface area (Å²) in [6.07, 6.45) is -0.333. The molecule has 0 aromatic heterocycles. The summed E-state index contributed by atoms with van der Waals surface area (Å²) in [7, 11) is 0. The molecule has 2 aromatic rings. The fraction of sp³-hybridized carbons (Fsp3) is 0.448. The highest BCUT2D eigenvalue weighted by atomic mass is 16.6. The monoisotopic (exact) mass is 544 g/mol. The number of ketones is 2. The zero-order chi connectivity index (χ0) is 28.3. The number of esters is 2. The van der Waals surface area contributed by atoms with Gasteiger partial charge in [-0.25, -0.2) is 0 Å². The second-order valence-electron chi connectivity index (χ2n) is 8.44. The van der Waals surface area contributed by atoms with Crippen molar-refractivity contribution in [3.8, 4) is 11.5 Å². The summed E-state index contributed by atoms with van der Waals surface area (Å²) in [6.45, 7) is 3.64. The summed E-state index contributed by atoms with van der Waals surface area (Å²) in [5.74, 6) is -3.80. The number of hydrogen-bond acceptors (Lipinski definition) is 10. The van der Waals surface area contributed by atoms with Crippen LogP contribution in [-0.4, -0.2) is 76.4 Å². The van der Waals surface area contributed by atoms with Gasteiger partial charge in [0.2, 0.25) is 0 Å². The van der Waals surface area contributed by atoms with Gasteiger partial charge in [-0.05, 0) is 44.5 Å². The van der Waals surface area contributed by atoms with Crippen molar-refractivity contribution in [3.63, 3.8) is 0 Å². The topological polar surface area (TPSA) is 124 Å². The lowest BCUT2D eigenvalue weighted by atomic mass is 9.89. The summed E-state index contributed by atoms with van der Waals surface area (Å²) in [4.78, 5) is 49.2. The van der Waals surface area contributed by atoms with Gasteiger partial charge in [0.25, 0.3) is 0 Å². The minimum Gasteiger partial charge on any atom is -0.491 e. The van der Waals surface area contributed by atoms with Crippen LogP contribution in [0.4, 0.5) is 0 Å². The number of hydrogen-bond donors (Lipinski definition) is 0. The third-order valence-corrected chi connectivity index (χ3v) is 5.45. The van der Waals surface area contributed by atoms with Crippen molar-refractivity contribution in [3.05, 3.63) is 60.7 Å². The molecule has 2 aromatic carbocycles. The molecule has 0 spiro atoms. The Hall–Kier alpha value is -3.76. The summed E-state index contributed by atoms with van der Waals surface area (Å²) >= 11 is 0. The molecule has 0 radical (unpaired) electrons. The van der Waals surface area contributed by atoms with Crippen LogP contribution in [0, 0.1) is 11.8 Å². The Bertz CT molecular complexity index is 928. The fourth-order valence-corrected chi connectivity index (χ4v) is 3.37. The number of benzene rings is 2. The molecule has 0 aliphatic carbocycles. The second-order valence-corrected chi connectivity index (χ2v) is 8.44. The molecule has 0 fully saturated rings. The van der Waals surface area contributed by atoms with Crippen LogP contribution in [0.2, 0.25) is 0 Å². The maximum Gasteiger partial charge on any atom is 0.316 e. The zero-order valence-corrected chi connectivity index (χ0v) is 22.4. The van der Waals surface area contributed by atoms with Gasteiger partial charge in [0.05, 0.1) is 26.4 Å². The largest absolute Gasteiger partial charge is 0.491 e. The van der Waals surface area contributed by atoms with E-state index >= 15 is 0 Å². The van der Waals surface area contributed by atoms with E-state index in [1.54, 1.807) is 0 Å². The van der Waals surface area contributed by atoms with Crippen molar-refractivity contribution < 1.29 is 47.6 Å². The van der Waals surface area contributed by atoms with Crippen molar-refractivity contribution in [1.82, 2.24) is 0 Å². The summed E-state index contributed by atoms with van der Waals surface area (Å²) < 4.78 is 32.0. The smallest absolute Gasteiger partial charge is 0.316 e. The van der Waals surface area contributed by atoms with Gasteiger partial charge in [0.1, 0.15) is 61.3 Å². The molecule has 0 saturated heterocycles. The maximum atomic E-state index is 12.5. The molecule has 10 nitrogen and oxygen atoms in total. The van der Waals surface area contributed by atoms with Crippen LogP contribution in [0.25, 0.3) is 0 Å². The normalized spacial score (nSPS) is 12.2. The third kappa shape index (κ3) is 13.0. The van der Waals surface area contributed by atoms with Gasteiger partial charge < -0.3 is 28.4 Å². The predicted octanol–water partition coefficient (Wildman–Crippen LogP) is 3.06. The first kappa shape index (κ1) is 31.5. The Morgan fingerprint density at radius 2 is 0.897 bits per heavy atom. The van der Waals surface area contributed by atoms with Gasteiger partial charge in [-0.1, -0.05) is 36.4 Å². The van der Waals surface area contributed by atoms with Crippen LogP contribution in [-0.2, 0) is 38.1 Å². The molecular weight excluding hydrogens is 508 g/mol. The van der Waals surface area contributed by atoms with E-state index in [1.165, 1.54) is 13.8 Å². The molecule has 2 atom stereocenters. The Morgan fingerprint density at radius 3 is 1.26 bits per heavy atom. The van der Waals surface area contributed by atoms with Crippen LogP contribution in [0.1, 0.15) is 20.3 Å². The maximum absolute atomic E-state index is 12.5. The molecular formula is C29H36O10. The van der Waals surface area contributed by atoms with Crippen LogP contribution in [0.5, 0.6) is 11.5 Å². The van der Waals surface area contributed by atoms with Crippen LogP contribution < -0.4 is 9.47 Å². The molecule has 0 aliphatic rings. The fourth-order valence-electron chi connectivity index (χ4n) is 3.37. The van der Waals surface area contributed by atoms with E-state index in [9.17, 15) is 19.2 Å². The Labute approximate surface area is 228 Å². The molecule has 0 amide bonds. The van der Waals surface area contributed by atoms with E-state index in [0.717, 1.165) is 11.5 Å². The highest BCUT2D eigenvalue weighted by Gasteiger charge is 2.35. The number of rotatable bonds is 20. The number of carbonyl (C=O) groups excluding carboxylic acids is 4. The molecule has 0 unspecified atom stereocenters. The molecule has 39 heavy (non-hydrogen) atoms. The first-order valence-electron chi connectivity index (χ1n) is 12.7. The van der Waals surface area contributed by atoms with E-state index in [-0.39, 0.29) is 46.1 Å². The van der Waals surface area contributed by atoms with Gasteiger partial charge in [-0.15, -0.1) is 0 Å². The number of para-hydroxylation sites is 2. The van der Waals surface area contributed by atoms with Crippen molar-refractivity contribution in [1.29, 1.82) is 0 Å². The van der Waals surface area contributed by atoms with E-state index in [4.69, 9.17) is 28.4 Å². The van der Waals surface area contributed by atoms with Crippen molar-refractivity contribution in [2.45, 2.75) is 20.3 Å². The van der Waals surface area contributed by atoms with Gasteiger partial charge in [0, 0.05) is 0 Å². The summed E-state index contributed by atoms with van der Waals surface area (Å²) in [5, 5.41) is 0. The molecule has 0 N–H and O–H groups in total. The van der Waals surface area contributed by atoms with Crippen molar-refractivity contribution >= 4 is 23.5 Å². The minimum absolute atomic E-state index is 0.0888. The molecule has 212 valence electrons. The molecule has 0 aliphatic heterocycles. The van der Waals surface area contributed by atoms with Crippen LogP contribution in [0.3, 0.4) is 0 Å². The lowest BCUT2D eigenvalue weighted by Gasteiger charge is -2.18. The Morgan fingerprint density at radius 1 is 0.538 bits per heavy atom. The predicted molar refractivity (Wildman–Crippen MR) is 140 cm³/mol. The SMILES string of the molecule is CC(=O)[C@H](C[C@@H](C(C)=O)C(=O)OCCOCCOc1ccccc1)C(=O)OCCOCCOc1ccccc1. The third-order valence-electron chi connectivity index (χ3n) is 5.45. The lowest BCUT2D eigenvalue weighted by Crippen LogP contribution is -2.34. The number of ether oxygens (including phenoxy) is 6. The average molecular weight is 545 g/mol. The Balaban J connectivity index is 1.64. The Kier molecular flexibility index (Phi) is 14.9. The zero-order valence-electron chi connectivity index (χ0n) is 22.4. The van der Waals surface area contributed by atoms with Crippen LogP contribution >= 0.6 is 0 Å². The van der Waals surface area contributed by atoms with Crippen molar-refractivity contribution in [2.24, 2.45) is 11.8 Å². The van der Waals surface area contributed by atoms with E-state index < -0.39 is 35.3 Å². The quantitative estimate of drug-likeness (QED) is 0.140. The first-order valence-corrected chi connectivity index (χ1v) is 12.7. The average Bonchev–Trinajstić information content (AvgIpc) is 2.93. The van der Waals surface area contributed by atoms with Crippen LogP contribution in [0.15, 0.2) is 60.7 Å². The highest BCUT2D eigenvalue weighted by Crippen LogP contribution is 2.18.